The first-order valence-electron chi connectivity index (χ1n) is 6.07. The molecule has 0 radical (unpaired) electrons. The predicted octanol–water partition coefficient (Wildman–Crippen LogP) is 3.56. The number of aromatic nitrogens is 2. The third-order valence-electron chi connectivity index (χ3n) is 2.69. The normalized spacial score (nSPS) is 12.6. The van der Waals surface area contributed by atoms with E-state index in [1.54, 1.807) is 0 Å². The molecule has 1 atom stereocenters. The van der Waals surface area contributed by atoms with Crippen molar-refractivity contribution in [1.29, 1.82) is 0 Å². The third kappa shape index (κ3) is 2.97. The zero-order valence-corrected chi connectivity index (χ0v) is 12.1. The van der Waals surface area contributed by atoms with Crippen molar-refractivity contribution in [3.8, 4) is 11.5 Å². The molecular formula is C13H16BrN3O. The minimum absolute atomic E-state index is 0.131. The fraction of sp³-hybridized carbons (Fsp3) is 0.385. The van der Waals surface area contributed by atoms with E-state index in [4.69, 9.17) is 4.42 Å². The molecule has 1 heterocycles. The van der Waals surface area contributed by atoms with Crippen LogP contribution in [0.2, 0.25) is 0 Å². The SMILES string of the molecule is CCNC(CC)c1nnc(-c2ccc(Br)cc2)o1. The Balaban J connectivity index is 2.21. The van der Waals surface area contributed by atoms with E-state index in [0.29, 0.717) is 11.8 Å². The summed E-state index contributed by atoms with van der Waals surface area (Å²) < 4.78 is 6.75. The van der Waals surface area contributed by atoms with Crippen LogP contribution in [-0.4, -0.2) is 16.7 Å². The fourth-order valence-electron chi connectivity index (χ4n) is 1.74. The Morgan fingerprint density at radius 2 is 1.94 bits per heavy atom. The first kappa shape index (κ1) is 13.2. The van der Waals surface area contributed by atoms with E-state index in [1.165, 1.54) is 0 Å². The van der Waals surface area contributed by atoms with Crippen molar-refractivity contribution >= 4 is 15.9 Å². The highest BCUT2D eigenvalue weighted by atomic mass is 79.9. The lowest BCUT2D eigenvalue weighted by molar-refractivity contribution is 0.402. The van der Waals surface area contributed by atoms with Crippen molar-refractivity contribution in [3.63, 3.8) is 0 Å². The number of halogens is 1. The molecular weight excluding hydrogens is 294 g/mol. The zero-order chi connectivity index (χ0) is 13.0. The highest BCUT2D eigenvalue weighted by molar-refractivity contribution is 9.10. The quantitative estimate of drug-likeness (QED) is 0.917. The highest BCUT2D eigenvalue weighted by Gasteiger charge is 2.16. The first-order valence-corrected chi connectivity index (χ1v) is 6.86. The Kier molecular flexibility index (Phi) is 4.49. The number of benzene rings is 1. The standard InChI is InChI=1S/C13H16BrN3O/c1-3-11(15-4-2)13-17-16-12(18-13)9-5-7-10(14)8-6-9/h5-8,11,15H,3-4H2,1-2H3. The smallest absolute Gasteiger partial charge is 0.247 e. The van der Waals surface area contributed by atoms with Gasteiger partial charge in [0.25, 0.3) is 0 Å². The van der Waals surface area contributed by atoms with Crippen LogP contribution < -0.4 is 5.32 Å². The summed E-state index contributed by atoms with van der Waals surface area (Å²) in [5.74, 6) is 1.21. The summed E-state index contributed by atoms with van der Waals surface area (Å²) in [5.41, 5.74) is 0.934. The summed E-state index contributed by atoms with van der Waals surface area (Å²) in [6.45, 7) is 5.04. The van der Waals surface area contributed by atoms with Gasteiger partial charge in [-0.05, 0) is 37.2 Å². The van der Waals surface area contributed by atoms with Gasteiger partial charge in [-0.15, -0.1) is 10.2 Å². The Labute approximate surface area is 115 Å². The van der Waals surface area contributed by atoms with Crippen LogP contribution in [-0.2, 0) is 0 Å². The Bertz CT molecular complexity index is 495. The second-order valence-corrected chi connectivity index (χ2v) is 4.89. The van der Waals surface area contributed by atoms with Gasteiger partial charge in [0.2, 0.25) is 11.8 Å². The van der Waals surface area contributed by atoms with Crippen molar-refractivity contribution in [2.45, 2.75) is 26.3 Å². The average molecular weight is 310 g/mol. The molecule has 1 aromatic heterocycles. The summed E-state index contributed by atoms with van der Waals surface area (Å²) in [7, 11) is 0. The molecule has 0 aliphatic rings. The third-order valence-corrected chi connectivity index (χ3v) is 3.22. The zero-order valence-electron chi connectivity index (χ0n) is 10.5. The van der Waals surface area contributed by atoms with Crippen LogP contribution in [0.15, 0.2) is 33.2 Å². The van der Waals surface area contributed by atoms with Crippen LogP contribution >= 0.6 is 15.9 Å². The van der Waals surface area contributed by atoms with Crippen LogP contribution in [0.3, 0.4) is 0 Å². The van der Waals surface area contributed by atoms with Crippen molar-refractivity contribution in [1.82, 2.24) is 15.5 Å². The number of hydrogen-bond acceptors (Lipinski definition) is 4. The maximum absolute atomic E-state index is 5.72. The van der Waals surface area contributed by atoms with Crippen LogP contribution in [0.25, 0.3) is 11.5 Å². The van der Waals surface area contributed by atoms with Gasteiger partial charge in [0.05, 0.1) is 6.04 Å². The van der Waals surface area contributed by atoms with Gasteiger partial charge in [-0.2, -0.15) is 0 Å². The van der Waals surface area contributed by atoms with E-state index in [0.717, 1.165) is 23.0 Å². The molecule has 96 valence electrons. The summed E-state index contributed by atoms with van der Waals surface area (Å²) in [5, 5.41) is 11.5. The van der Waals surface area contributed by atoms with Gasteiger partial charge in [0.15, 0.2) is 0 Å². The molecule has 0 saturated heterocycles. The van der Waals surface area contributed by atoms with Gasteiger partial charge >= 0.3 is 0 Å². The molecule has 0 fully saturated rings. The molecule has 2 rings (SSSR count). The predicted molar refractivity (Wildman–Crippen MR) is 74.1 cm³/mol. The molecule has 18 heavy (non-hydrogen) atoms. The topological polar surface area (TPSA) is 51.0 Å². The van der Waals surface area contributed by atoms with E-state index in [9.17, 15) is 0 Å². The van der Waals surface area contributed by atoms with Crippen molar-refractivity contribution in [3.05, 3.63) is 34.6 Å². The first-order chi connectivity index (χ1) is 8.74. The monoisotopic (exact) mass is 309 g/mol. The minimum atomic E-state index is 0.131. The van der Waals surface area contributed by atoms with Crippen LogP contribution in [0.1, 0.15) is 32.2 Å². The molecule has 0 saturated carbocycles. The maximum atomic E-state index is 5.72. The largest absolute Gasteiger partial charge is 0.419 e. The molecule has 1 N–H and O–H groups in total. The van der Waals surface area contributed by atoms with Crippen molar-refractivity contribution in [2.75, 3.05) is 6.54 Å². The summed E-state index contributed by atoms with van der Waals surface area (Å²) >= 11 is 3.40. The number of rotatable bonds is 5. The van der Waals surface area contributed by atoms with Gasteiger partial charge < -0.3 is 9.73 Å². The molecule has 1 aromatic carbocycles. The maximum Gasteiger partial charge on any atom is 0.247 e. The molecule has 0 spiro atoms. The molecule has 0 aliphatic carbocycles. The van der Waals surface area contributed by atoms with Gasteiger partial charge in [-0.1, -0.05) is 29.8 Å². The molecule has 0 aliphatic heterocycles. The summed E-state index contributed by atoms with van der Waals surface area (Å²) in [4.78, 5) is 0. The van der Waals surface area contributed by atoms with Crippen molar-refractivity contribution in [2.24, 2.45) is 0 Å². The summed E-state index contributed by atoms with van der Waals surface area (Å²) in [6, 6.07) is 7.96. The van der Waals surface area contributed by atoms with Gasteiger partial charge in [-0.25, -0.2) is 0 Å². The fourth-order valence-corrected chi connectivity index (χ4v) is 2.00. The van der Waals surface area contributed by atoms with E-state index in [1.807, 2.05) is 24.3 Å². The average Bonchev–Trinajstić information content (AvgIpc) is 2.86. The van der Waals surface area contributed by atoms with E-state index in [-0.39, 0.29) is 6.04 Å². The van der Waals surface area contributed by atoms with Crippen LogP contribution in [0.5, 0.6) is 0 Å². The molecule has 0 bridgehead atoms. The molecule has 0 amide bonds. The lowest BCUT2D eigenvalue weighted by Gasteiger charge is -2.09. The summed E-state index contributed by atoms with van der Waals surface area (Å²) in [6.07, 6.45) is 0.926. The van der Waals surface area contributed by atoms with Crippen molar-refractivity contribution < 1.29 is 4.42 Å². The number of nitrogens with one attached hydrogen (secondary N) is 1. The Morgan fingerprint density at radius 3 is 2.56 bits per heavy atom. The Morgan fingerprint density at radius 1 is 1.22 bits per heavy atom. The van der Waals surface area contributed by atoms with Crippen LogP contribution in [0.4, 0.5) is 0 Å². The molecule has 2 aromatic rings. The van der Waals surface area contributed by atoms with Gasteiger partial charge in [0, 0.05) is 10.0 Å². The van der Waals surface area contributed by atoms with E-state index < -0.39 is 0 Å². The minimum Gasteiger partial charge on any atom is -0.419 e. The number of hydrogen-bond donors (Lipinski definition) is 1. The number of nitrogens with zero attached hydrogens (tertiary/aromatic N) is 2. The van der Waals surface area contributed by atoms with Gasteiger partial charge in [-0.3, -0.25) is 0 Å². The second-order valence-electron chi connectivity index (χ2n) is 3.97. The van der Waals surface area contributed by atoms with E-state index >= 15 is 0 Å². The van der Waals surface area contributed by atoms with E-state index in [2.05, 4.69) is 45.3 Å². The highest BCUT2D eigenvalue weighted by Crippen LogP contribution is 2.23. The van der Waals surface area contributed by atoms with Crippen LogP contribution in [0, 0.1) is 0 Å². The molecule has 1 unspecified atom stereocenters. The lowest BCUT2D eigenvalue weighted by Crippen LogP contribution is -2.20. The molecule has 5 heteroatoms. The Hall–Kier alpha value is -1.20. The lowest BCUT2D eigenvalue weighted by atomic mass is 10.2. The second kappa shape index (κ2) is 6.11. The molecule has 4 nitrogen and oxygen atoms in total. The van der Waals surface area contributed by atoms with Gasteiger partial charge in [0.1, 0.15) is 0 Å².